The lowest BCUT2D eigenvalue weighted by Crippen LogP contribution is -1.82. The van der Waals surface area contributed by atoms with E-state index < -0.39 is 0 Å². The molecule has 0 saturated carbocycles. The molecule has 0 saturated heterocycles. The minimum absolute atomic E-state index is 0.906. The fourth-order valence-electron chi connectivity index (χ4n) is 0.910. The molecule has 74 valence electrons. The van der Waals surface area contributed by atoms with Crippen LogP contribution in [0.2, 0.25) is 0 Å². The first-order valence-electron chi connectivity index (χ1n) is 4.70. The molecule has 0 unspecified atom stereocenters. The van der Waals surface area contributed by atoms with Crippen LogP contribution in [0.4, 0.5) is 0 Å². The minimum Gasteiger partial charge on any atom is -0.497 e. The second kappa shape index (κ2) is 6.53. The van der Waals surface area contributed by atoms with Crippen molar-refractivity contribution in [2.45, 2.75) is 34.1 Å². The van der Waals surface area contributed by atoms with Gasteiger partial charge in [-0.3, -0.25) is 0 Å². The monoisotopic (exact) mass is 180 g/mol. The highest BCUT2D eigenvalue weighted by molar-refractivity contribution is 5.26. The number of hydrogen-bond acceptors (Lipinski definition) is 1. The van der Waals surface area contributed by atoms with Crippen LogP contribution in [0, 0.1) is 0 Å². The van der Waals surface area contributed by atoms with E-state index in [0.29, 0.717) is 0 Å². The van der Waals surface area contributed by atoms with E-state index in [-0.39, 0.29) is 0 Å². The first kappa shape index (κ1) is 12.0. The van der Waals surface area contributed by atoms with Gasteiger partial charge in [-0.15, -0.1) is 0 Å². The Labute approximate surface area is 81.8 Å². The fraction of sp³-hybridized carbons (Fsp3) is 0.500. The van der Waals surface area contributed by atoms with Crippen molar-refractivity contribution < 1.29 is 4.74 Å². The van der Waals surface area contributed by atoms with Crippen molar-refractivity contribution in [3.8, 4) is 0 Å². The van der Waals surface area contributed by atoms with Crippen LogP contribution in [0.1, 0.15) is 34.1 Å². The molecule has 0 heterocycles. The number of rotatable bonds is 4. The van der Waals surface area contributed by atoms with Gasteiger partial charge in [-0.25, -0.2) is 0 Å². The first-order valence-corrected chi connectivity index (χ1v) is 4.70. The molecule has 0 bridgehead atoms. The largest absolute Gasteiger partial charge is 0.497 e. The third-order valence-electron chi connectivity index (χ3n) is 2.22. The van der Waals surface area contributed by atoms with Gasteiger partial charge in [0.2, 0.25) is 0 Å². The highest BCUT2D eigenvalue weighted by Crippen LogP contribution is 2.09. The van der Waals surface area contributed by atoms with Gasteiger partial charge in [0.25, 0.3) is 0 Å². The summed E-state index contributed by atoms with van der Waals surface area (Å²) < 4.78 is 5.11. The molecule has 0 aliphatic rings. The van der Waals surface area contributed by atoms with E-state index >= 15 is 0 Å². The predicted octanol–water partition coefficient (Wildman–Crippen LogP) is 3.84. The summed E-state index contributed by atoms with van der Waals surface area (Å²) >= 11 is 0. The molecule has 0 aromatic carbocycles. The molecule has 0 rings (SSSR count). The molecule has 0 spiro atoms. The zero-order valence-electron chi connectivity index (χ0n) is 9.35. The number of allylic oxidation sites excluding steroid dienone is 5. The van der Waals surface area contributed by atoms with Gasteiger partial charge in [-0.05, 0) is 39.3 Å². The lowest BCUT2D eigenvalue weighted by Gasteiger charge is -2.01. The Kier molecular flexibility index (Phi) is 6.03. The van der Waals surface area contributed by atoms with Crippen molar-refractivity contribution in [1.82, 2.24) is 0 Å². The van der Waals surface area contributed by atoms with Crippen LogP contribution in [-0.4, -0.2) is 7.11 Å². The molecule has 0 N–H and O–H groups in total. The molecule has 0 aromatic rings. The van der Waals surface area contributed by atoms with Crippen LogP contribution >= 0.6 is 0 Å². The molecular weight excluding hydrogens is 160 g/mol. The molecule has 0 aliphatic carbocycles. The summed E-state index contributed by atoms with van der Waals surface area (Å²) in [7, 11) is 1.69. The van der Waals surface area contributed by atoms with Crippen molar-refractivity contribution >= 4 is 0 Å². The minimum atomic E-state index is 0.906. The smallest absolute Gasteiger partial charge is 0.114 e. The van der Waals surface area contributed by atoms with E-state index in [9.17, 15) is 0 Å². The Balaban J connectivity index is 4.43. The molecular formula is C12H20O. The van der Waals surface area contributed by atoms with E-state index in [1.54, 1.807) is 7.11 Å². The second-order valence-corrected chi connectivity index (χ2v) is 3.05. The maximum Gasteiger partial charge on any atom is 0.114 e. The van der Waals surface area contributed by atoms with Gasteiger partial charge >= 0.3 is 0 Å². The van der Waals surface area contributed by atoms with Crippen LogP contribution in [0.25, 0.3) is 0 Å². The number of hydrogen-bond donors (Lipinski definition) is 0. The fourth-order valence-corrected chi connectivity index (χ4v) is 0.910. The molecule has 0 aromatic heterocycles. The molecule has 0 amide bonds. The number of methoxy groups -OCH3 is 1. The average molecular weight is 180 g/mol. The van der Waals surface area contributed by atoms with Crippen molar-refractivity contribution in [3.05, 3.63) is 35.1 Å². The van der Waals surface area contributed by atoms with Gasteiger partial charge < -0.3 is 4.74 Å². The Morgan fingerprint density at radius 2 is 1.85 bits per heavy atom. The summed E-state index contributed by atoms with van der Waals surface area (Å²) in [6.45, 7) is 8.41. The maximum atomic E-state index is 5.11. The third-order valence-corrected chi connectivity index (χ3v) is 2.22. The van der Waals surface area contributed by atoms with Crippen LogP contribution in [0.5, 0.6) is 0 Å². The van der Waals surface area contributed by atoms with Gasteiger partial charge in [0.1, 0.15) is 5.76 Å². The second-order valence-electron chi connectivity index (χ2n) is 3.05. The normalized spacial score (nSPS) is 14.7. The van der Waals surface area contributed by atoms with Crippen molar-refractivity contribution in [2.75, 3.05) is 7.11 Å². The van der Waals surface area contributed by atoms with E-state index in [2.05, 4.69) is 26.8 Å². The van der Waals surface area contributed by atoms with Crippen molar-refractivity contribution in [3.63, 3.8) is 0 Å². The molecule has 1 nitrogen and oxygen atoms in total. The van der Waals surface area contributed by atoms with Gasteiger partial charge in [0.15, 0.2) is 0 Å². The van der Waals surface area contributed by atoms with Crippen molar-refractivity contribution in [2.24, 2.45) is 0 Å². The van der Waals surface area contributed by atoms with E-state index in [4.69, 9.17) is 4.74 Å². The van der Waals surface area contributed by atoms with Crippen LogP contribution in [0.15, 0.2) is 35.1 Å². The summed E-state index contributed by atoms with van der Waals surface area (Å²) in [4.78, 5) is 0. The summed E-state index contributed by atoms with van der Waals surface area (Å²) in [5.41, 5.74) is 2.74. The lowest BCUT2D eigenvalue weighted by atomic mass is 10.1. The van der Waals surface area contributed by atoms with E-state index in [1.165, 1.54) is 11.1 Å². The Hall–Kier alpha value is -0.980. The topological polar surface area (TPSA) is 9.23 Å². The summed E-state index contributed by atoms with van der Waals surface area (Å²) in [5.74, 6) is 0.906. The third kappa shape index (κ3) is 4.56. The first-order chi connectivity index (χ1) is 6.15. The summed E-state index contributed by atoms with van der Waals surface area (Å²) in [6, 6.07) is 0. The molecule has 1 heteroatoms. The average Bonchev–Trinajstić information content (AvgIpc) is 2.17. The SMILES string of the molecule is C/C=C(\C=C/C(C)=C(C)CC)OC. The predicted molar refractivity (Wildman–Crippen MR) is 58.6 cm³/mol. The Morgan fingerprint density at radius 1 is 1.23 bits per heavy atom. The van der Waals surface area contributed by atoms with Gasteiger partial charge in [0, 0.05) is 0 Å². The molecule has 0 radical (unpaired) electrons. The van der Waals surface area contributed by atoms with Gasteiger partial charge in [-0.2, -0.15) is 0 Å². The Morgan fingerprint density at radius 3 is 2.23 bits per heavy atom. The summed E-state index contributed by atoms with van der Waals surface area (Å²) in [5, 5.41) is 0. The highest BCUT2D eigenvalue weighted by Gasteiger charge is 1.90. The zero-order chi connectivity index (χ0) is 10.3. The van der Waals surface area contributed by atoms with Crippen LogP contribution in [0.3, 0.4) is 0 Å². The lowest BCUT2D eigenvalue weighted by molar-refractivity contribution is 0.306. The maximum absolute atomic E-state index is 5.11. The summed E-state index contributed by atoms with van der Waals surface area (Å²) in [6.07, 6.45) is 7.14. The van der Waals surface area contributed by atoms with E-state index in [1.807, 2.05) is 19.1 Å². The van der Waals surface area contributed by atoms with Gasteiger partial charge in [0.05, 0.1) is 7.11 Å². The Bertz CT molecular complexity index is 232. The van der Waals surface area contributed by atoms with Gasteiger partial charge in [-0.1, -0.05) is 24.1 Å². The zero-order valence-corrected chi connectivity index (χ0v) is 9.35. The molecule has 0 atom stereocenters. The molecule has 0 fully saturated rings. The molecule has 13 heavy (non-hydrogen) atoms. The van der Waals surface area contributed by atoms with E-state index in [0.717, 1.165) is 12.2 Å². The molecule has 0 aliphatic heterocycles. The van der Waals surface area contributed by atoms with Crippen molar-refractivity contribution in [1.29, 1.82) is 0 Å². The number of ether oxygens (including phenoxy) is 1. The quantitative estimate of drug-likeness (QED) is 0.472. The van der Waals surface area contributed by atoms with Crippen LogP contribution in [-0.2, 0) is 4.74 Å². The van der Waals surface area contributed by atoms with Crippen LogP contribution < -0.4 is 0 Å². The standard InChI is InChI=1S/C12H20O/c1-6-10(3)11(4)8-9-12(7-2)13-5/h7-9H,6H2,1-5H3/b9-8-,11-10?,12-7+. The highest BCUT2D eigenvalue weighted by atomic mass is 16.5.